The van der Waals surface area contributed by atoms with Crippen LogP contribution in [-0.2, 0) is 5.41 Å². The van der Waals surface area contributed by atoms with Crippen molar-refractivity contribution in [3.63, 3.8) is 0 Å². The molecule has 2 heteroatoms. The van der Waals surface area contributed by atoms with E-state index in [1.165, 1.54) is 88.1 Å². The first-order valence-corrected chi connectivity index (χ1v) is 21.8. The SMILES string of the molecule is CC(C)c1ccc(N(c2cc(C(C)C)c3ccc4c(-c5ccc6c(c5)-c5ccccc5C6(C)C)cc(C(C)C)c5ccc2c3c45)c2cccc3c2oc2ccccc23)cc1. The van der Waals surface area contributed by atoms with Crippen LogP contribution in [0.1, 0.15) is 101 Å². The zero-order valence-corrected chi connectivity index (χ0v) is 35.9. The average molecular weight is 778 g/mol. The Morgan fingerprint density at radius 2 is 1.08 bits per heavy atom. The second kappa shape index (κ2) is 13.3. The minimum absolute atomic E-state index is 0.0342. The highest BCUT2D eigenvalue weighted by Crippen LogP contribution is 2.53. The van der Waals surface area contributed by atoms with Crippen LogP contribution in [0.2, 0.25) is 0 Å². The molecule has 0 saturated carbocycles. The van der Waals surface area contributed by atoms with Gasteiger partial charge < -0.3 is 9.32 Å². The second-order valence-electron chi connectivity index (χ2n) is 18.6. The van der Waals surface area contributed by atoms with Gasteiger partial charge in [-0.15, -0.1) is 0 Å². The van der Waals surface area contributed by atoms with Gasteiger partial charge in [0.2, 0.25) is 0 Å². The lowest BCUT2D eigenvalue weighted by atomic mass is 9.81. The molecule has 0 spiro atoms. The van der Waals surface area contributed by atoms with Crippen LogP contribution in [0.5, 0.6) is 0 Å². The van der Waals surface area contributed by atoms with Crippen LogP contribution in [0.3, 0.4) is 0 Å². The van der Waals surface area contributed by atoms with Gasteiger partial charge in [0.25, 0.3) is 0 Å². The molecule has 0 atom stereocenters. The van der Waals surface area contributed by atoms with E-state index in [1.807, 2.05) is 0 Å². The van der Waals surface area contributed by atoms with Gasteiger partial charge in [-0.1, -0.05) is 159 Å². The highest BCUT2D eigenvalue weighted by molar-refractivity contribution is 6.29. The maximum absolute atomic E-state index is 6.80. The van der Waals surface area contributed by atoms with E-state index in [0.29, 0.717) is 17.8 Å². The van der Waals surface area contributed by atoms with Crippen LogP contribution >= 0.6 is 0 Å². The predicted molar refractivity (Wildman–Crippen MR) is 257 cm³/mol. The third-order valence-corrected chi connectivity index (χ3v) is 13.8. The van der Waals surface area contributed by atoms with Gasteiger partial charge in [0.15, 0.2) is 5.58 Å². The van der Waals surface area contributed by atoms with Crippen molar-refractivity contribution in [2.24, 2.45) is 0 Å². The Bertz CT molecular complexity index is 3320. The van der Waals surface area contributed by atoms with Crippen molar-refractivity contribution in [2.75, 3.05) is 4.90 Å². The Morgan fingerprint density at radius 3 is 1.83 bits per heavy atom. The highest BCUT2D eigenvalue weighted by Gasteiger charge is 2.35. The Morgan fingerprint density at radius 1 is 0.450 bits per heavy atom. The summed E-state index contributed by atoms with van der Waals surface area (Å²) in [4.78, 5) is 2.47. The number of para-hydroxylation sites is 2. The normalized spacial score (nSPS) is 13.6. The minimum atomic E-state index is -0.0342. The van der Waals surface area contributed by atoms with Gasteiger partial charge in [-0.3, -0.25) is 0 Å². The molecule has 1 aromatic heterocycles. The molecule has 60 heavy (non-hydrogen) atoms. The van der Waals surface area contributed by atoms with Gasteiger partial charge in [0, 0.05) is 27.3 Å². The minimum Gasteiger partial charge on any atom is -0.454 e. The maximum atomic E-state index is 6.80. The summed E-state index contributed by atoms with van der Waals surface area (Å²) in [5, 5.41) is 10.2. The largest absolute Gasteiger partial charge is 0.454 e. The molecule has 0 radical (unpaired) electrons. The molecule has 0 saturated heterocycles. The highest BCUT2D eigenvalue weighted by atomic mass is 16.3. The Kier molecular flexibility index (Phi) is 8.14. The van der Waals surface area contributed by atoms with Gasteiger partial charge in [0.1, 0.15) is 5.58 Å². The fourth-order valence-electron chi connectivity index (χ4n) is 10.6. The van der Waals surface area contributed by atoms with Crippen molar-refractivity contribution < 1.29 is 4.42 Å². The lowest BCUT2D eigenvalue weighted by molar-refractivity contribution is 0.660. The average Bonchev–Trinajstić information content (AvgIpc) is 3.75. The molecular weight excluding hydrogens is 727 g/mol. The molecule has 1 heterocycles. The van der Waals surface area contributed by atoms with Crippen LogP contribution in [0.25, 0.3) is 76.5 Å². The summed E-state index contributed by atoms with van der Waals surface area (Å²) in [6, 6.07) is 55.0. The topological polar surface area (TPSA) is 16.4 Å². The molecule has 0 fully saturated rings. The summed E-state index contributed by atoms with van der Waals surface area (Å²) >= 11 is 0. The number of rotatable bonds is 7. The number of hydrogen-bond donors (Lipinski definition) is 0. The van der Waals surface area contributed by atoms with Crippen molar-refractivity contribution in [3.8, 4) is 22.3 Å². The van der Waals surface area contributed by atoms with Crippen molar-refractivity contribution in [1.82, 2.24) is 0 Å². The van der Waals surface area contributed by atoms with Gasteiger partial charge in [-0.2, -0.15) is 0 Å². The fraction of sp³-hybridized carbons (Fsp3) is 0.207. The number of anilines is 3. The molecule has 0 bridgehead atoms. The predicted octanol–water partition coefficient (Wildman–Crippen LogP) is 17.3. The molecule has 11 rings (SSSR count). The van der Waals surface area contributed by atoms with Crippen LogP contribution in [0.15, 0.2) is 150 Å². The molecule has 294 valence electrons. The second-order valence-corrected chi connectivity index (χ2v) is 18.6. The summed E-state index contributed by atoms with van der Waals surface area (Å²) in [5.41, 5.74) is 17.2. The van der Waals surface area contributed by atoms with Gasteiger partial charge in [0.05, 0.1) is 11.4 Å². The van der Waals surface area contributed by atoms with E-state index in [-0.39, 0.29) is 5.41 Å². The van der Waals surface area contributed by atoms with E-state index in [1.54, 1.807) is 0 Å². The van der Waals surface area contributed by atoms with E-state index < -0.39 is 0 Å². The van der Waals surface area contributed by atoms with Crippen molar-refractivity contribution in [1.29, 1.82) is 0 Å². The zero-order chi connectivity index (χ0) is 41.2. The van der Waals surface area contributed by atoms with E-state index in [2.05, 4.69) is 206 Å². The number of hydrogen-bond acceptors (Lipinski definition) is 2. The Labute approximate surface area is 353 Å². The Hall–Kier alpha value is -6.38. The Balaban J connectivity index is 1.23. The molecule has 1 aliphatic carbocycles. The third kappa shape index (κ3) is 5.26. The summed E-state index contributed by atoms with van der Waals surface area (Å²) < 4.78 is 6.80. The van der Waals surface area contributed by atoms with E-state index in [0.717, 1.165) is 33.3 Å². The van der Waals surface area contributed by atoms with Crippen LogP contribution < -0.4 is 4.90 Å². The summed E-state index contributed by atoms with van der Waals surface area (Å²) in [6.07, 6.45) is 0. The lowest BCUT2D eigenvalue weighted by Gasteiger charge is -2.30. The molecule has 2 nitrogen and oxygen atoms in total. The van der Waals surface area contributed by atoms with Gasteiger partial charge >= 0.3 is 0 Å². The molecule has 9 aromatic carbocycles. The number of benzene rings is 9. The third-order valence-electron chi connectivity index (χ3n) is 13.8. The van der Waals surface area contributed by atoms with E-state index >= 15 is 0 Å². The zero-order valence-electron chi connectivity index (χ0n) is 35.9. The molecule has 10 aromatic rings. The van der Waals surface area contributed by atoms with Crippen LogP contribution in [-0.4, -0.2) is 0 Å². The number of fused-ring (bicyclic) bond motifs is 6. The summed E-state index contributed by atoms with van der Waals surface area (Å²) in [5.74, 6) is 1.07. The van der Waals surface area contributed by atoms with Crippen LogP contribution in [0.4, 0.5) is 17.1 Å². The summed E-state index contributed by atoms with van der Waals surface area (Å²) in [7, 11) is 0. The van der Waals surface area contributed by atoms with Gasteiger partial charge in [-0.25, -0.2) is 0 Å². The standard InChI is InChI=1S/C58H51NO/c1-33(2)36-20-23-38(24-21-36)59(52-18-13-16-44-40-15-10-12-19-54(40)60-57(44)52)53-32-47(35(5)6)42-25-26-43-48(31-46(34(3)4)41-27-28-45(53)56(42)55(41)43)37-22-29-51-49(30-37)39-14-9-11-17-50(39)58(51,7)8/h9-35H,1-8H3. The molecule has 0 unspecified atom stereocenters. The molecular formula is C58H51NO. The van der Waals surface area contributed by atoms with Crippen LogP contribution in [0, 0.1) is 0 Å². The lowest BCUT2D eigenvalue weighted by Crippen LogP contribution is -2.14. The van der Waals surface area contributed by atoms with Crippen molar-refractivity contribution in [2.45, 2.75) is 78.6 Å². The molecule has 0 aliphatic heterocycles. The maximum Gasteiger partial charge on any atom is 0.159 e. The van der Waals surface area contributed by atoms with Crippen molar-refractivity contribution >= 4 is 71.3 Å². The first kappa shape index (κ1) is 36.7. The first-order valence-electron chi connectivity index (χ1n) is 21.8. The quantitative estimate of drug-likeness (QED) is 0.150. The monoisotopic (exact) mass is 777 g/mol. The van der Waals surface area contributed by atoms with Crippen molar-refractivity contribution in [3.05, 3.63) is 173 Å². The number of furan rings is 1. The first-order chi connectivity index (χ1) is 29.0. The van der Waals surface area contributed by atoms with E-state index in [9.17, 15) is 0 Å². The smallest absolute Gasteiger partial charge is 0.159 e. The van der Waals surface area contributed by atoms with Gasteiger partial charge in [-0.05, 0) is 137 Å². The molecule has 0 N–H and O–H groups in total. The molecule has 1 aliphatic rings. The number of nitrogens with zero attached hydrogens (tertiary/aromatic N) is 1. The summed E-state index contributed by atoms with van der Waals surface area (Å²) in [6.45, 7) is 18.6. The fourth-order valence-corrected chi connectivity index (χ4v) is 10.6. The van der Waals surface area contributed by atoms with E-state index in [4.69, 9.17) is 4.42 Å². The molecule has 0 amide bonds.